The molecule has 1 heterocycles. The van der Waals surface area contributed by atoms with E-state index in [1.54, 1.807) is 0 Å². The van der Waals surface area contributed by atoms with Gasteiger partial charge in [-0.25, -0.2) is 0 Å². The van der Waals surface area contributed by atoms with E-state index in [4.69, 9.17) is 5.10 Å². The van der Waals surface area contributed by atoms with Crippen LogP contribution in [-0.4, -0.2) is 23.4 Å². The van der Waals surface area contributed by atoms with Gasteiger partial charge in [0.15, 0.2) is 0 Å². The summed E-state index contributed by atoms with van der Waals surface area (Å²) in [5.74, 6) is 0. The van der Waals surface area contributed by atoms with Gasteiger partial charge in [-0.3, -0.25) is 4.68 Å². The maximum Gasteiger partial charge on any atom is 0.0766 e. The highest BCUT2D eigenvalue weighted by Gasteiger charge is 2.27. The largest absolute Gasteiger partial charge is 0.319 e. The Morgan fingerprint density at radius 3 is 2.47 bits per heavy atom. The molecule has 0 spiro atoms. The zero-order valence-corrected chi connectivity index (χ0v) is 14.6. The Kier molecular flexibility index (Phi) is 6.54. The second kappa shape index (κ2) is 7.44. The number of halogens is 1. The van der Waals surface area contributed by atoms with E-state index >= 15 is 0 Å². The van der Waals surface area contributed by atoms with Crippen molar-refractivity contribution in [3.63, 3.8) is 0 Å². The van der Waals surface area contributed by atoms with E-state index in [9.17, 15) is 0 Å². The van der Waals surface area contributed by atoms with E-state index in [1.807, 2.05) is 7.05 Å². The summed E-state index contributed by atoms with van der Waals surface area (Å²) in [7, 11) is 2.04. The third-order valence-corrected chi connectivity index (χ3v) is 4.66. The van der Waals surface area contributed by atoms with Crippen molar-refractivity contribution in [3.05, 3.63) is 15.9 Å². The van der Waals surface area contributed by atoms with Crippen LogP contribution in [0.3, 0.4) is 0 Å². The van der Waals surface area contributed by atoms with Crippen LogP contribution in [0.25, 0.3) is 0 Å². The first-order valence-electron chi connectivity index (χ1n) is 7.40. The summed E-state index contributed by atoms with van der Waals surface area (Å²) >= 11 is 3.75. The molecular formula is C15H28BrN3. The fourth-order valence-electron chi connectivity index (χ4n) is 2.86. The van der Waals surface area contributed by atoms with Crippen LogP contribution in [0.2, 0.25) is 0 Å². The first-order chi connectivity index (χ1) is 9.01. The molecule has 3 nitrogen and oxygen atoms in total. The Bertz CT molecular complexity index is 392. The summed E-state index contributed by atoms with van der Waals surface area (Å²) in [6.45, 7) is 10.9. The van der Waals surface area contributed by atoms with Gasteiger partial charge < -0.3 is 5.32 Å². The number of hydrogen-bond acceptors (Lipinski definition) is 2. The maximum absolute atomic E-state index is 4.70. The lowest BCUT2D eigenvalue weighted by molar-refractivity contribution is 0.275. The molecule has 19 heavy (non-hydrogen) atoms. The first-order valence-corrected chi connectivity index (χ1v) is 8.19. The molecule has 1 N–H and O–H groups in total. The minimum absolute atomic E-state index is 0.296. The van der Waals surface area contributed by atoms with Crippen molar-refractivity contribution in [3.8, 4) is 0 Å². The molecule has 0 radical (unpaired) electrons. The summed E-state index contributed by atoms with van der Waals surface area (Å²) in [5, 5.41) is 8.05. The molecule has 0 fully saturated rings. The monoisotopic (exact) mass is 329 g/mol. The maximum atomic E-state index is 4.70. The van der Waals surface area contributed by atoms with Crippen LogP contribution < -0.4 is 5.32 Å². The molecule has 0 aromatic carbocycles. The molecule has 110 valence electrons. The molecule has 0 saturated heterocycles. The number of nitrogens with one attached hydrogen (secondary N) is 1. The molecule has 1 atom stereocenters. The normalized spacial score (nSPS) is 14.6. The Morgan fingerprint density at radius 2 is 2.00 bits per heavy atom. The van der Waals surface area contributed by atoms with Crippen LogP contribution in [0, 0.1) is 5.41 Å². The van der Waals surface area contributed by atoms with E-state index in [1.165, 1.54) is 28.7 Å². The van der Waals surface area contributed by atoms with Gasteiger partial charge in [0.05, 0.1) is 15.9 Å². The number of aromatic nitrogens is 2. The average molecular weight is 330 g/mol. The highest BCUT2D eigenvalue weighted by molar-refractivity contribution is 9.10. The predicted molar refractivity (Wildman–Crippen MR) is 85.6 cm³/mol. The topological polar surface area (TPSA) is 29.9 Å². The second-order valence-corrected chi connectivity index (χ2v) is 6.44. The zero-order chi connectivity index (χ0) is 14.5. The fourth-order valence-corrected chi connectivity index (χ4v) is 3.56. The van der Waals surface area contributed by atoms with Gasteiger partial charge in [-0.05, 0) is 54.6 Å². The van der Waals surface area contributed by atoms with Crippen LogP contribution in [0.15, 0.2) is 4.47 Å². The van der Waals surface area contributed by atoms with Gasteiger partial charge in [0, 0.05) is 13.1 Å². The van der Waals surface area contributed by atoms with Gasteiger partial charge in [0.1, 0.15) is 0 Å². The lowest BCUT2D eigenvalue weighted by atomic mass is 9.81. The van der Waals surface area contributed by atoms with Gasteiger partial charge in [-0.15, -0.1) is 0 Å². The Balaban J connectivity index is 3.04. The minimum Gasteiger partial charge on any atom is -0.319 e. The van der Waals surface area contributed by atoms with Gasteiger partial charge in [-0.1, -0.05) is 27.2 Å². The SMILES string of the molecule is CCCC(C)(CNC)Cc1c(Br)c(CC)nn1CC. The zero-order valence-electron chi connectivity index (χ0n) is 13.0. The number of hydrogen-bond donors (Lipinski definition) is 1. The van der Waals surface area contributed by atoms with Crippen molar-refractivity contribution < 1.29 is 0 Å². The van der Waals surface area contributed by atoms with E-state index in [0.29, 0.717) is 5.41 Å². The summed E-state index contributed by atoms with van der Waals surface area (Å²) in [6.07, 6.45) is 4.51. The number of nitrogens with zero attached hydrogens (tertiary/aromatic N) is 2. The summed E-state index contributed by atoms with van der Waals surface area (Å²) in [5.41, 5.74) is 2.83. The Hall–Kier alpha value is -0.350. The van der Waals surface area contributed by atoms with E-state index in [-0.39, 0.29) is 0 Å². The smallest absolute Gasteiger partial charge is 0.0766 e. The van der Waals surface area contributed by atoms with Gasteiger partial charge in [0.2, 0.25) is 0 Å². The quantitative estimate of drug-likeness (QED) is 0.786. The lowest BCUT2D eigenvalue weighted by Gasteiger charge is -2.29. The van der Waals surface area contributed by atoms with Crippen LogP contribution in [-0.2, 0) is 19.4 Å². The molecule has 1 unspecified atom stereocenters. The highest BCUT2D eigenvalue weighted by Crippen LogP contribution is 2.32. The molecule has 1 rings (SSSR count). The Morgan fingerprint density at radius 1 is 1.32 bits per heavy atom. The highest BCUT2D eigenvalue weighted by atomic mass is 79.9. The standard InChI is InChI=1S/C15H28BrN3/c1-6-9-15(4,11-17-5)10-13-14(16)12(7-2)18-19(13)8-3/h17H,6-11H2,1-5H3. The fraction of sp³-hybridized carbons (Fsp3) is 0.800. The predicted octanol–water partition coefficient (Wildman–Crippen LogP) is 3.80. The summed E-state index contributed by atoms with van der Waals surface area (Å²) in [4.78, 5) is 0. The van der Waals surface area contributed by atoms with Gasteiger partial charge >= 0.3 is 0 Å². The van der Waals surface area contributed by atoms with Crippen molar-refractivity contribution >= 4 is 15.9 Å². The van der Waals surface area contributed by atoms with Crippen molar-refractivity contribution in [2.24, 2.45) is 5.41 Å². The van der Waals surface area contributed by atoms with Crippen LogP contribution in [0.1, 0.15) is 51.9 Å². The van der Waals surface area contributed by atoms with Gasteiger partial charge in [-0.2, -0.15) is 5.10 Å². The van der Waals surface area contributed by atoms with E-state index in [2.05, 4.69) is 53.6 Å². The van der Waals surface area contributed by atoms with Crippen molar-refractivity contribution in [2.45, 2.75) is 59.9 Å². The number of aryl methyl sites for hydroxylation is 2. The van der Waals surface area contributed by atoms with Crippen molar-refractivity contribution in [1.29, 1.82) is 0 Å². The van der Waals surface area contributed by atoms with Crippen LogP contribution >= 0.6 is 15.9 Å². The minimum atomic E-state index is 0.296. The van der Waals surface area contributed by atoms with Crippen molar-refractivity contribution in [2.75, 3.05) is 13.6 Å². The molecule has 0 aliphatic rings. The number of rotatable bonds is 8. The molecule has 0 aliphatic carbocycles. The van der Waals surface area contributed by atoms with Gasteiger partial charge in [0.25, 0.3) is 0 Å². The molecule has 4 heteroatoms. The van der Waals surface area contributed by atoms with Crippen molar-refractivity contribution in [1.82, 2.24) is 15.1 Å². The molecular weight excluding hydrogens is 302 g/mol. The molecule has 0 amide bonds. The lowest BCUT2D eigenvalue weighted by Crippen LogP contribution is -2.32. The third kappa shape index (κ3) is 4.06. The molecule has 0 bridgehead atoms. The van der Waals surface area contributed by atoms with Crippen LogP contribution in [0.5, 0.6) is 0 Å². The molecule has 0 aliphatic heterocycles. The Labute approximate surface area is 126 Å². The van der Waals surface area contributed by atoms with E-state index in [0.717, 1.165) is 25.9 Å². The summed E-state index contributed by atoms with van der Waals surface area (Å²) in [6, 6.07) is 0. The third-order valence-electron chi connectivity index (χ3n) is 3.75. The first kappa shape index (κ1) is 16.7. The van der Waals surface area contributed by atoms with Crippen LogP contribution in [0.4, 0.5) is 0 Å². The summed E-state index contributed by atoms with van der Waals surface area (Å²) < 4.78 is 3.38. The average Bonchev–Trinajstić information content (AvgIpc) is 2.66. The van der Waals surface area contributed by atoms with E-state index < -0.39 is 0 Å². The molecule has 1 aromatic heterocycles. The molecule has 0 saturated carbocycles. The molecule has 1 aromatic rings. The second-order valence-electron chi connectivity index (χ2n) is 5.64.